The fraction of sp³-hybridized carbons (Fsp3) is 0.222. The molecule has 0 saturated heterocycles. The van der Waals surface area contributed by atoms with Crippen LogP contribution in [0.4, 0.5) is 5.69 Å². The SMILES string of the molecule is COC(=O)COc1ccc(/C=N\NC(=O)CN(c2ccc(C)cc2)S(=O)(=O)c2ccc(OC)c(OC)c2)cc1. The van der Waals surface area contributed by atoms with Crippen molar-refractivity contribution in [2.45, 2.75) is 11.8 Å². The predicted octanol–water partition coefficient (Wildman–Crippen LogP) is 2.91. The van der Waals surface area contributed by atoms with Gasteiger partial charge in [0.15, 0.2) is 18.1 Å². The molecule has 0 aromatic heterocycles. The van der Waals surface area contributed by atoms with Crippen LogP contribution in [0.5, 0.6) is 17.2 Å². The van der Waals surface area contributed by atoms with Crippen LogP contribution < -0.4 is 23.9 Å². The maximum absolute atomic E-state index is 13.6. The highest BCUT2D eigenvalue weighted by Gasteiger charge is 2.28. The number of amides is 1. The summed E-state index contributed by atoms with van der Waals surface area (Å²) in [6.45, 7) is 1.12. The summed E-state index contributed by atoms with van der Waals surface area (Å²) in [6, 6.07) is 17.5. The van der Waals surface area contributed by atoms with Gasteiger partial charge in [-0.2, -0.15) is 5.10 Å². The molecule has 0 radical (unpaired) electrons. The van der Waals surface area contributed by atoms with E-state index in [1.165, 1.54) is 45.7 Å². The standard InChI is InChI=1S/C27H29N3O8S/c1-19-5-9-21(10-6-19)30(39(33,34)23-13-14-24(35-2)25(15-23)36-3)17-26(31)29-28-16-20-7-11-22(12-8-20)38-18-27(32)37-4/h5-16H,17-18H2,1-4H3,(H,29,31)/b28-16-. The monoisotopic (exact) mass is 555 g/mol. The normalized spacial score (nSPS) is 11.1. The summed E-state index contributed by atoms with van der Waals surface area (Å²) in [6.07, 6.45) is 1.39. The number of nitrogens with zero attached hydrogens (tertiary/aromatic N) is 2. The number of sulfonamides is 1. The number of hydrogen-bond acceptors (Lipinski definition) is 9. The predicted molar refractivity (Wildman–Crippen MR) is 145 cm³/mol. The van der Waals surface area contributed by atoms with E-state index in [2.05, 4.69) is 15.3 Å². The maximum atomic E-state index is 13.6. The Morgan fingerprint density at radius 2 is 1.59 bits per heavy atom. The maximum Gasteiger partial charge on any atom is 0.343 e. The van der Waals surface area contributed by atoms with Crippen molar-refractivity contribution >= 4 is 33.8 Å². The first kappa shape index (κ1) is 29.0. The molecule has 0 saturated carbocycles. The van der Waals surface area contributed by atoms with Crippen molar-refractivity contribution in [2.75, 3.05) is 38.8 Å². The van der Waals surface area contributed by atoms with Crippen molar-refractivity contribution in [3.63, 3.8) is 0 Å². The van der Waals surface area contributed by atoms with Gasteiger partial charge in [0.05, 0.1) is 38.1 Å². The van der Waals surface area contributed by atoms with E-state index >= 15 is 0 Å². The molecule has 206 valence electrons. The summed E-state index contributed by atoms with van der Waals surface area (Å²) in [4.78, 5) is 23.9. The number of rotatable bonds is 12. The minimum Gasteiger partial charge on any atom is -0.493 e. The Kier molecular flexibility index (Phi) is 9.87. The van der Waals surface area contributed by atoms with Crippen molar-refractivity contribution in [3.8, 4) is 17.2 Å². The molecule has 0 fully saturated rings. The Morgan fingerprint density at radius 1 is 0.923 bits per heavy atom. The first-order chi connectivity index (χ1) is 18.7. The van der Waals surface area contributed by atoms with Gasteiger partial charge in [0.1, 0.15) is 12.3 Å². The van der Waals surface area contributed by atoms with E-state index in [1.54, 1.807) is 48.5 Å². The van der Waals surface area contributed by atoms with Crippen molar-refractivity contribution in [3.05, 3.63) is 77.9 Å². The van der Waals surface area contributed by atoms with Gasteiger partial charge in [-0.15, -0.1) is 0 Å². The second kappa shape index (κ2) is 13.3. The highest BCUT2D eigenvalue weighted by Crippen LogP contribution is 2.32. The van der Waals surface area contributed by atoms with Gasteiger partial charge in [-0.3, -0.25) is 9.10 Å². The lowest BCUT2D eigenvalue weighted by molar-refractivity contribution is -0.142. The van der Waals surface area contributed by atoms with Gasteiger partial charge in [-0.1, -0.05) is 17.7 Å². The highest BCUT2D eigenvalue weighted by molar-refractivity contribution is 7.92. The molecule has 0 aliphatic carbocycles. The number of benzene rings is 3. The van der Waals surface area contributed by atoms with Crippen molar-refractivity contribution in [1.82, 2.24) is 5.43 Å². The number of methoxy groups -OCH3 is 3. The molecule has 1 amide bonds. The third kappa shape index (κ3) is 7.71. The van der Waals surface area contributed by atoms with Gasteiger partial charge in [-0.05, 0) is 61.0 Å². The number of nitrogens with one attached hydrogen (secondary N) is 1. The molecular weight excluding hydrogens is 526 g/mol. The molecule has 1 N–H and O–H groups in total. The highest BCUT2D eigenvalue weighted by atomic mass is 32.2. The first-order valence-corrected chi connectivity index (χ1v) is 13.0. The first-order valence-electron chi connectivity index (χ1n) is 11.6. The molecule has 12 heteroatoms. The molecule has 3 rings (SSSR count). The quantitative estimate of drug-likeness (QED) is 0.205. The van der Waals surface area contributed by atoms with E-state index in [0.29, 0.717) is 22.7 Å². The minimum atomic E-state index is -4.18. The van der Waals surface area contributed by atoms with E-state index in [0.717, 1.165) is 9.87 Å². The van der Waals surface area contributed by atoms with Crippen LogP contribution in [0.1, 0.15) is 11.1 Å². The molecule has 0 atom stereocenters. The van der Waals surface area contributed by atoms with Crippen LogP contribution in [0.2, 0.25) is 0 Å². The lowest BCUT2D eigenvalue weighted by Gasteiger charge is -2.24. The minimum absolute atomic E-state index is 0.0773. The van der Waals surface area contributed by atoms with Gasteiger partial charge in [0.25, 0.3) is 15.9 Å². The molecule has 0 bridgehead atoms. The number of carbonyl (C=O) groups excluding carboxylic acids is 2. The van der Waals surface area contributed by atoms with Crippen molar-refractivity contribution in [2.24, 2.45) is 5.10 Å². The molecule has 0 spiro atoms. The van der Waals surface area contributed by atoms with E-state index < -0.39 is 28.4 Å². The Bertz CT molecular complexity index is 1420. The topological polar surface area (TPSA) is 133 Å². The summed E-state index contributed by atoms with van der Waals surface area (Å²) in [5.41, 5.74) is 4.22. The number of esters is 1. The molecule has 0 heterocycles. The number of ether oxygens (including phenoxy) is 4. The number of anilines is 1. The molecule has 0 unspecified atom stereocenters. The van der Waals surface area contributed by atoms with Gasteiger partial charge >= 0.3 is 5.97 Å². The average molecular weight is 556 g/mol. The second-order valence-electron chi connectivity index (χ2n) is 8.09. The molecule has 0 aliphatic heterocycles. The Balaban J connectivity index is 1.76. The Hall–Kier alpha value is -4.58. The zero-order valence-corrected chi connectivity index (χ0v) is 22.7. The van der Waals surface area contributed by atoms with E-state index in [-0.39, 0.29) is 17.3 Å². The van der Waals surface area contributed by atoms with Crippen LogP contribution >= 0.6 is 0 Å². The van der Waals surface area contributed by atoms with Crippen LogP contribution in [0.25, 0.3) is 0 Å². The third-order valence-corrected chi connectivity index (χ3v) is 7.19. The fourth-order valence-corrected chi connectivity index (χ4v) is 4.76. The number of carbonyl (C=O) groups is 2. The van der Waals surface area contributed by atoms with Crippen LogP contribution in [0, 0.1) is 6.92 Å². The van der Waals surface area contributed by atoms with Gasteiger partial charge < -0.3 is 18.9 Å². The van der Waals surface area contributed by atoms with Gasteiger partial charge in [0.2, 0.25) is 0 Å². The van der Waals surface area contributed by atoms with Crippen LogP contribution in [0.15, 0.2) is 76.7 Å². The summed E-state index contributed by atoms with van der Waals surface area (Å²) in [5.74, 6) is -0.104. The second-order valence-corrected chi connectivity index (χ2v) is 9.95. The third-order valence-electron chi connectivity index (χ3n) is 5.42. The summed E-state index contributed by atoms with van der Waals surface area (Å²) in [5, 5.41) is 3.93. The lowest BCUT2D eigenvalue weighted by Crippen LogP contribution is -2.39. The zero-order valence-electron chi connectivity index (χ0n) is 21.9. The molecule has 39 heavy (non-hydrogen) atoms. The van der Waals surface area contributed by atoms with Crippen molar-refractivity contribution < 1.29 is 37.0 Å². The fourth-order valence-electron chi connectivity index (χ4n) is 3.33. The largest absolute Gasteiger partial charge is 0.493 e. The summed E-state index contributed by atoms with van der Waals surface area (Å²) in [7, 11) is -0.0575. The molecule has 3 aromatic rings. The number of aryl methyl sites for hydroxylation is 1. The lowest BCUT2D eigenvalue weighted by atomic mass is 10.2. The summed E-state index contributed by atoms with van der Waals surface area (Å²) < 4.78 is 48.5. The van der Waals surface area contributed by atoms with E-state index in [1.807, 2.05) is 6.92 Å². The smallest absolute Gasteiger partial charge is 0.343 e. The van der Waals surface area contributed by atoms with Crippen molar-refractivity contribution in [1.29, 1.82) is 0 Å². The zero-order chi connectivity index (χ0) is 28.4. The molecular formula is C27H29N3O8S. The Labute approximate surface area is 227 Å². The van der Waals surface area contributed by atoms with Crippen LogP contribution in [0.3, 0.4) is 0 Å². The van der Waals surface area contributed by atoms with Gasteiger partial charge in [0, 0.05) is 6.07 Å². The number of hydrazone groups is 1. The Morgan fingerprint density at radius 3 is 2.21 bits per heavy atom. The van der Waals surface area contributed by atoms with E-state index in [9.17, 15) is 18.0 Å². The molecule has 3 aromatic carbocycles. The van der Waals surface area contributed by atoms with Crippen LogP contribution in [-0.4, -0.2) is 61.0 Å². The number of hydrogen-bond donors (Lipinski definition) is 1. The molecule has 11 nitrogen and oxygen atoms in total. The van der Waals surface area contributed by atoms with Gasteiger partial charge in [-0.25, -0.2) is 18.6 Å². The van der Waals surface area contributed by atoms with Crippen LogP contribution in [-0.2, 0) is 24.3 Å². The van der Waals surface area contributed by atoms with E-state index in [4.69, 9.17) is 14.2 Å². The average Bonchev–Trinajstić information content (AvgIpc) is 2.95. The molecule has 0 aliphatic rings. The summed E-state index contributed by atoms with van der Waals surface area (Å²) >= 11 is 0.